The molecule has 0 heterocycles. The van der Waals surface area contributed by atoms with Crippen molar-refractivity contribution >= 4 is 11.4 Å². The molecule has 2 aromatic rings. The molecule has 0 amide bonds. The van der Waals surface area contributed by atoms with Crippen molar-refractivity contribution in [3.8, 4) is 0 Å². The second kappa shape index (κ2) is 6.85. The zero-order valence-electron chi connectivity index (χ0n) is 12.0. The highest BCUT2D eigenvalue weighted by Crippen LogP contribution is 2.23. The third kappa shape index (κ3) is 3.63. The number of hydrogen-bond donors (Lipinski definition) is 1. The van der Waals surface area contributed by atoms with Crippen LogP contribution in [-0.4, -0.2) is 0 Å². The fourth-order valence-electron chi connectivity index (χ4n) is 1.81. The lowest BCUT2D eigenvalue weighted by atomic mass is 10.1. The number of anilines is 2. The zero-order valence-corrected chi connectivity index (χ0v) is 12.0. The Balaban J connectivity index is 0.000000771. The maximum absolute atomic E-state index is 3.47. The molecule has 1 nitrogen and oxygen atoms in total. The summed E-state index contributed by atoms with van der Waals surface area (Å²) in [5.41, 5.74) is 6.20. The summed E-state index contributed by atoms with van der Waals surface area (Å²) in [6, 6.07) is 14.8. The lowest BCUT2D eigenvalue weighted by molar-refractivity contribution is 1.35. The Morgan fingerprint density at radius 1 is 0.722 bits per heavy atom. The van der Waals surface area contributed by atoms with E-state index in [1.165, 1.54) is 28.1 Å². The molecule has 0 unspecified atom stereocenters. The first-order valence-corrected chi connectivity index (χ1v) is 6.57. The average Bonchev–Trinajstić information content (AvgIpc) is 2.38. The van der Waals surface area contributed by atoms with Crippen LogP contribution in [-0.2, 0) is 0 Å². The van der Waals surface area contributed by atoms with Crippen molar-refractivity contribution in [3.05, 3.63) is 59.2 Å². The monoisotopic (exact) mass is 241 g/mol. The molecule has 96 valence electrons. The van der Waals surface area contributed by atoms with E-state index in [9.17, 15) is 0 Å². The van der Waals surface area contributed by atoms with Crippen LogP contribution in [0, 0.1) is 20.8 Å². The van der Waals surface area contributed by atoms with E-state index in [2.05, 4.69) is 68.6 Å². The van der Waals surface area contributed by atoms with Crippen molar-refractivity contribution in [1.82, 2.24) is 0 Å². The Bertz CT molecular complexity index is 501. The SMILES string of the molecule is CC.Cc1ccc(Nc2ccccc2C)c(C)c1. The molecular weight excluding hydrogens is 218 g/mol. The minimum atomic E-state index is 1.18. The molecule has 0 fully saturated rings. The second-order valence-corrected chi connectivity index (χ2v) is 4.26. The molecule has 0 spiro atoms. The molecule has 1 heteroatoms. The highest BCUT2D eigenvalue weighted by atomic mass is 14.9. The van der Waals surface area contributed by atoms with Crippen molar-refractivity contribution in [3.63, 3.8) is 0 Å². The van der Waals surface area contributed by atoms with E-state index in [4.69, 9.17) is 0 Å². The quantitative estimate of drug-likeness (QED) is 0.744. The maximum atomic E-state index is 3.47. The first-order chi connectivity index (χ1) is 8.66. The van der Waals surface area contributed by atoms with Crippen LogP contribution in [0.4, 0.5) is 11.4 Å². The summed E-state index contributed by atoms with van der Waals surface area (Å²) < 4.78 is 0. The number of benzene rings is 2. The maximum Gasteiger partial charge on any atom is 0.0414 e. The summed E-state index contributed by atoms with van der Waals surface area (Å²) in [5.74, 6) is 0. The van der Waals surface area contributed by atoms with Crippen LogP contribution < -0.4 is 5.32 Å². The van der Waals surface area contributed by atoms with Crippen LogP contribution in [0.3, 0.4) is 0 Å². The van der Waals surface area contributed by atoms with Gasteiger partial charge in [-0.2, -0.15) is 0 Å². The molecule has 0 saturated heterocycles. The molecule has 0 aliphatic heterocycles. The highest BCUT2D eigenvalue weighted by molar-refractivity contribution is 5.65. The third-order valence-corrected chi connectivity index (χ3v) is 2.80. The van der Waals surface area contributed by atoms with E-state index in [-0.39, 0.29) is 0 Å². The average molecular weight is 241 g/mol. The highest BCUT2D eigenvalue weighted by Gasteiger charge is 2.00. The van der Waals surface area contributed by atoms with Gasteiger partial charge in [0.05, 0.1) is 0 Å². The van der Waals surface area contributed by atoms with E-state index in [1.54, 1.807) is 0 Å². The van der Waals surface area contributed by atoms with Gasteiger partial charge >= 0.3 is 0 Å². The molecule has 0 atom stereocenters. The number of hydrogen-bond acceptors (Lipinski definition) is 1. The Labute approximate surface area is 111 Å². The zero-order chi connectivity index (χ0) is 13.5. The molecule has 0 saturated carbocycles. The smallest absolute Gasteiger partial charge is 0.0414 e. The van der Waals surface area contributed by atoms with Gasteiger partial charge in [-0.3, -0.25) is 0 Å². The van der Waals surface area contributed by atoms with Crippen LogP contribution in [0.15, 0.2) is 42.5 Å². The molecular formula is C17H23N. The van der Waals surface area contributed by atoms with Crippen molar-refractivity contribution in [2.75, 3.05) is 5.32 Å². The van der Waals surface area contributed by atoms with E-state index in [0.717, 1.165) is 0 Å². The summed E-state index contributed by atoms with van der Waals surface area (Å²) in [5, 5.41) is 3.47. The summed E-state index contributed by atoms with van der Waals surface area (Å²) in [7, 11) is 0. The van der Waals surface area contributed by atoms with Crippen LogP contribution in [0.25, 0.3) is 0 Å². The lowest BCUT2D eigenvalue weighted by Crippen LogP contribution is -1.95. The van der Waals surface area contributed by atoms with Crippen LogP contribution in [0.5, 0.6) is 0 Å². The van der Waals surface area contributed by atoms with Gasteiger partial charge in [0, 0.05) is 11.4 Å². The Morgan fingerprint density at radius 3 is 1.94 bits per heavy atom. The number of aryl methyl sites for hydroxylation is 3. The molecule has 0 aromatic heterocycles. The van der Waals surface area contributed by atoms with Crippen molar-refractivity contribution < 1.29 is 0 Å². The van der Waals surface area contributed by atoms with Gasteiger partial charge in [0.2, 0.25) is 0 Å². The van der Waals surface area contributed by atoms with Crippen molar-refractivity contribution in [1.29, 1.82) is 0 Å². The minimum absolute atomic E-state index is 1.18. The Hall–Kier alpha value is -1.76. The molecule has 18 heavy (non-hydrogen) atoms. The van der Waals surface area contributed by atoms with E-state index in [0.29, 0.717) is 0 Å². The molecule has 0 aliphatic rings. The van der Waals surface area contributed by atoms with E-state index < -0.39 is 0 Å². The van der Waals surface area contributed by atoms with E-state index in [1.807, 2.05) is 13.8 Å². The largest absolute Gasteiger partial charge is 0.355 e. The number of rotatable bonds is 2. The summed E-state index contributed by atoms with van der Waals surface area (Å²) in [4.78, 5) is 0. The van der Waals surface area contributed by atoms with Gasteiger partial charge in [0.25, 0.3) is 0 Å². The summed E-state index contributed by atoms with van der Waals surface area (Å²) in [6.07, 6.45) is 0. The number of nitrogens with one attached hydrogen (secondary N) is 1. The first-order valence-electron chi connectivity index (χ1n) is 6.57. The minimum Gasteiger partial charge on any atom is -0.355 e. The van der Waals surface area contributed by atoms with Gasteiger partial charge in [-0.05, 0) is 44.0 Å². The van der Waals surface area contributed by atoms with Crippen LogP contribution in [0.2, 0.25) is 0 Å². The Kier molecular flexibility index (Phi) is 5.44. The fraction of sp³-hybridized carbons (Fsp3) is 0.294. The standard InChI is InChI=1S/C15H17N.C2H6/c1-11-8-9-15(13(3)10-11)16-14-7-5-4-6-12(14)2;1-2/h4-10,16H,1-3H3;1-2H3. The Morgan fingerprint density at radius 2 is 1.33 bits per heavy atom. The third-order valence-electron chi connectivity index (χ3n) is 2.80. The van der Waals surface area contributed by atoms with Gasteiger partial charge in [-0.25, -0.2) is 0 Å². The predicted molar refractivity (Wildman–Crippen MR) is 81.7 cm³/mol. The molecule has 2 aromatic carbocycles. The van der Waals surface area contributed by atoms with Gasteiger partial charge < -0.3 is 5.32 Å². The number of para-hydroxylation sites is 1. The molecule has 0 aliphatic carbocycles. The van der Waals surface area contributed by atoms with Gasteiger partial charge in [0.15, 0.2) is 0 Å². The summed E-state index contributed by atoms with van der Waals surface area (Å²) in [6.45, 7) is 10.4. The normalized spacial score (nSPS) is 9.39. The van der Waals surface area contributed by atoms with Crippen molar-refractivity contribution in [2.24, 2.45) is 0 Å². The lowest BCUT2D eigenvalue weighted by Gasteiger charge is -2.12. The van der Waals surface area contributed by atoms with Gasteiger partial charge in [0.1, 0.15) is 0 Å². The molecule has 0 radical (unpaired) electrons. The molecule has 0 bridgehead atoms. The van der Waals surface area contributed by atoms with Crippen LogP contribution >= 0.6 is 0 Å². The van der Waals surface area contributed by atoms with E-state index >= 15 is 0 Å². The van der Waals surface area contributed by atoms with Crippen molar-refractivity contribution in [2.45, 2.75) is 34.6 Å². The first kappa shape index (κ1) is 14.3. The molecule has 2 rings (SSSR count). The van der Waals surface area contributed by atoms with Gasteiger partial charge in [-0.1, -0.05) is 49.7 Å². The molecule has 1 N–H and O–H groups in total. The summed E-state index contributed by atoms with van der Waals surface area (Å²) >= 11 is 0. The van der Waals surface area contributed by atoms with Gasteiger partial charge in [-0.15, -0.1) is 0 Å². The fourth-order valence-corrected chi connectivity index (χ4v) is 1.81. The van der Waals surface area contributed by atoms with Crippen LogP contribution in [0.1, 0.15) is 30.5 Å². The predicted octanol–water partition coefficient (Wildman–Crippen LogP) is 5.38. The topological polar surface area (TPSA) is 12.0 Å². The second-order valence-electron chi connectivity index (χ2n) is 4.26.